The number of nitrogens with zero attached hydrogens (tertiary/aromatic N) is 6. The number of hydrogen-bond donors (Lipinski definition) is 3. The molecule has 0 spiro atoms. The van der Waals surface area contributed by atoms with Crippen molar-refractivity contribution in [3.05, 3.63) is 64.7 Å². The van der Waals surface area contributed by atoms with Gasteiger partial charge in [-0.2, -0.15) is 0 Å². The molecule has 2 aromatic heterocycles. The first-order valence-electron chi connectivity index (χ1n) is 13.4. The Morgan fingerprint density at radius 1 is 1.10 bits per heavy atom. The maximum atomic E-state index is 13.9. The van der Waals surface area contributed by atoms with Gasteiger partial charge in [0.05, 0.1) is 31.6 Å². The normalized spacial score (nSPS) is 20.7. The minimum Gasteiger partial charge on any atom is -0.473 e. The maximum Gasteiger partial charge on any atom is 0.414 e. The highest BCUT2D eigenvalue weighted by Gasteiger charge is 2.41. The number of rotatable bonds is 9. The number of hydrogen-bond acceptors (Lipinski definition) is 9. The number of aliphatic carboxylic acids is 2. The second-order valence-electron chi connectivity index (χ2n) is 9.96. The number of aromatic nitrogens is 5. The average Bonchev–Trinajstić information content (AvgIpc) is 3.38. The van der Waals surface area contributed by atoms with E-state index in [2.05, 4.69) is 20.0 Å². The van der Waals surface area contributed by atoms with Gasteiger partial charge in [0.25, 0.3) is 0 Å². The number of aliphatic hydroxyl groups is 1. The van der Waals surface area contributed by atoms with Crippen molar-refractivity contribution in [2.75, 3.05) is 6.54 Å². The molecule has 0 aliphatic carbocycles. The van der Waals surface area contributed by atoms with Crippen LogP contribution in [-0.2, 0) is 34.0 Å². The Bertz CT molecular complexity index is 1370. The van der Waals surface area contributed by atoms with Gasteiger partial charge in [-0.3, -0.25) is 14.5 Å². The van der Waals surface area contributed by atoms with Crippen LogP contribution in [0.25, 0.3) is 11.5 Å². The molecule has 1 aromatic carbocycles. The highest BCUT2D eigenvalue weighted by Crippen LogP contribution is 2.37. The van der Waals surface area contributed by atoms with Crippen molar-refractivity contribution in [3.8, 4) is 11.5 Å². The lowest BCUT2D eigenvalue weighted by atomic mass is 9.99. The Balaban J connectivity index is 0.000000585. The summed E-state index contributed by atoms with van der Waals surface area (Å²) in [5, 5.41) is 30.1. The van der Waals surface area contributed by atoms with Gasteiger partial charge >= 0.3 is 17.6 Å². The molecule has 2 fully saturated rings. The molecule has 2 saturated heterocycles. The number of fused-ring (bicyclic) bond motifs is 2. The number of halogens is 1. The second-order valence-corrected chi connectivity index (χ2v) is 9.96. The second kappa shape index (κ2) is 13.6. The standard InChI is InChI=1S/C25H31FN6O3.C2H2O4/c1-2-30-24(23-13-27-9-10-28-23)29-32(25(30)34)15-20(33)14-31-18-7-8-19(31)12-21(11-18)35-16-17-5-3-4-6-22(17)26;3-1(4)2(5)6/h3-6,9-10,13,18-21,33H,2,7-8,11-12,14-16H2,1H3;(H,3,4)(H,5,6). The van der Waals surface area contributed by atoms with Gasteiger partial charge in [-0.1, -0.05) is 18.2 Å². The van der Waals surface area contributed by atoms with E-state index < -0.39 is 18.0 Å². The van der Waals surface area contributed by atoms with Gasteiger partial charge in [0.1, 0.15) is 11.5 Å². The summed E-state index contributed by atoms with van der Waals surface area (Å²) in [5.41, 5.74) is 0.834. The Morgan fingerprint density at radius 2 is 1.78 bits per heavy atom. The molecular formula is C27H33FN6O7. The number of benzene rings is 1. The van der Waals surface area contributed by atoms with Crippen LogP contribution in [0.1, 0.15) is 38.2 Å². The van der Waals surface area contributed by atoms with Crippen molar-refractivity contribution < 1.29 is 34.0 Å². The molecule has 2 aliphatic rings. The zero-order chi connectivity index (χ0) is 29.5. The van der Waals surface area contributed by atoms with Gasteiger partial charge in [-0.15, -0.1) is 5.10 Å². The molecule has 3 aromatic rings. The maximum absolute atomic E-state index is 13.9. The molecule has 5 rings (SSSR count). The molecule has 0 radical (unpaired) electrons. The zero-order valence-electron chi connectivity index (χ0n) is 22.5. The first-order valence-corrected chi connectivity index (χ1v) is 13.4. The first kappa shape index (κ1) is 30.0. The number of piperidine rings is 1. The summed E-state index contributed by atoms with van der Waals surface area (Å²) < 4.78 is 22.8. The largest absolute Gasteiger partial charge is 0.473 e. The van der Waals surface area contributed by atoms with E-state index in [0.29, 0.717) is 42.3 Å². The van der Waals surface area contributed by atoms with Gasteiger partial charge in [-0.25, -0.2) is 28.4 Å². The van der Waals surface area contributed by atoms with E-state index >= 15 is 0 Å². The molecule has 14 heteroatoms. The lowest BCUT2D eigenvalue weighted by molar-refractivity contribution is -0.159. The van der Waals surface area contributed by atoms with Gasteiger partial charge in [0.15, 0.2) is 5.82 Å². The molecule has 41 heavy (non-hydrogen) atoms. The van der Waals surface area contributed by atoms with Gasteiger partial charge in [0.2, 0.25) is 0 Å². The number of ether oxygens (including phenoxy) is 1. The minimum absolute atomic E-state index is 0.0814. The summed E-state index contributed by atoms with van der Waals surface area (Å²) in [6.45, 7) is 3.19. The quantitative estimate of drug-likeness (QED) is 0.316. The van der Waals surface area contributed by atoms with E-state index in [4.69, 9.17) is 24.5 Å². The van der Waals surface area contributed by atoms with E-state index in [-0.39, 0.29) is 30.8 Å². The van der Waals surface area contributed by atoms with Gasteiger partial charge < -0.3 is 20.1 Å². The van der Waals surface area contributed by atoms with Crippen molar-refractivity contribution in [2.24, 2.45) is 0 Å². The van der Waals surface area contributed by atoms with Crippen LogP contribution in [0, 0.1) is 5.82 Å². The van der Waals surface area contributed by atoms with Crippen molar-refractivity contribution >= 4 is 11.9 Å². The Labute approximate surface area is 234 Å². The summed E-state index contributed by atoms with van der Waals surface area (Å²) >= 11 is 0. The highest BCUT2D eigenvalue weighted by molar-refractivity contribution is 6.27. The molecule has 0 saturated carbocycles. The summed E-state index contributed by atoms with van der Waals surface area (Å²) in [6, 6.07) is 7.34. The van der Waals surface area contributed by atoms with Crippen LogP contribution in [0.5, 0.6) is 0 Å². The molecule has 13 nitrogen and oxygen atoms in total. The van der Waals surface area contributed by atoms with Gasteiger partial charge in [-0.05, 0) is 38.7 Å². The topological polar surface area (TPSA) is 173 Å². The predicted octanol–water partition coefficient (Wildman–Crippen LogP) is 1.39. The Hall–Kier alpha value is -4.01. The molecule has 4 heterocycles. The molecule has 2 aliphatic heterocycles. The lowest BCUT2D eigenvalue weighted by Gasteiger charge is -2.39. The van der Waals surface area contributed by atoms with Crippen LogP contribution in [-0.4, -0.2) is 87.3 Å². The smallest absolute Gasteiger partial charge is 0.414 e. The highest BCUT2D eigenvalue weighted by atomic mass is 19.1. The fourth-order valence-electron chi connectivity index (χ4n) is 5.43. The summed E-state index contributed by atoms with van der Waals surface area (Å²) in [6.07, 6.45) is 7.88. The monoisotopic (exact) mass is 572 g/mol. The van der Waals surface area contributed by atoms with Crippen LogP contribution in [0.4, 0.5) is 4.39 Å². The van der Waals surface area contributed by atoms with Gasteiger partial charge in [0, 0.05) is 43.1 Å². The van der Waals surface area contributed by atoms with E-state index in [1.54, 1.807) is 35.3 Å². The molecule has 2 bridgehead atoms. The summed E-state index contributed by atoms with van der Waals surface area (Å²) in [4.78, 5) is 41.7. The molecular weight excluding hydrogens is 539 g/mol. The summed E-state index contributed by atoms with van der Waals surface area (Å²) in [5.74, 6) is -3.44. The van der Waals surface area contributed by atoms with E-state index in [9.17, 15) is 14.3 Å². The molecule has 3 atom stereocenters. The van der Waals surface area contributed by atoms with Crippen molar-refractivity contribution in [3.63, 3.8) is 0 Å². The number of carboxylic acid groups (broad SMARTS) is 2. The van der Waals surface area contributed by atoms with Crippen LogP contribution in [0.15, 0.2) is 47.7 Å². The van der Waals surface area contributed by atoms with Crippen molar-refractivity contribution in [2.45, 2.75) is 76.6 Å². The SMILES string of the molecule is CCn1c(-c2cnccn2)nn(CC(O)CN2C3CCC2CC(OCc2ccccc2F)C3)c1=O.O=C(O)C(=O)O. The van der Waals surface area contributed by atoms with E-state index in [1.807, 2.05) is 13.0 Å². The Kier molecular flexibility index (Phi) is 9.91. The van der Waals surface area contributed by atoms with Crippen LogP contribution in [0.3, 0.4) is 0 Å². The molecule has 3 N–H and O–H groups in total. The van der Waals surface area contributed by atoms with Crippen LogP contribution in [0.2, 0.25) is 0 Å². The summed E-state index contributed by atoms with van der Waals surface area (Å²) in [7, 11) is 0. The third-order valence-electron chi connectivity index (χ3n) is 7.29. The molecule has 3 unspecified atom stereocenters. The molecule has 0 amide bonds. The third-order valence-corrected chi connectivity index (χ3v) is 7.29. The third kappa shape index (κ3) is 7.39. The van der Waals surface area contributed by atoms with Crippen molar-refractivity contribution in [1.82, 2.24) is 29.2 Å². The van der Waals surface area contributed by atoms with E-state index in [0.717, 1.165) is 25.7 Å². The van der Waals surface area contributed by atoms with Crippen LogP contribution < -0.4 is 5.69 Å². The van der Waals surface area contributed by atoms with E-state index in [1.165, 1.54) is 10.7 Å². The van der Waals surface area contributed by atoms with Crippen molar-refractivity contribution in [1.29, 1.82) is 0 Å². The fraction of sp³-hybridized carbons (Fsp3) is 0.481. The molecule has 220 valence electrons. The first-order chi connectivity index (χ1) is 19.7. The zero-order valence-corrected chi connectivity index (χ0v) is 22.5. The number of carbonyl (C=O) groups is 2. The lowest BCUT2D eigenvalue weighted by Crippen LogP contribution is -2.49. The number of aliphatic hydroxyl groups excluding tert-OH is 1. The minimum atomic E-state index is -1.82. The predicted molar refractivity (Wildman–Crippen MR) is 142 cm³/mol. The number of carboxylic acids is 2. The Morgan fingerprint density at radius 3 is 2.37 bits per heavy atom. The van der Waals surface area contributed by atoms with Crippen LogP contribution >= 0.6 is 0 Å². The average molecular weight is 573 g/mol. The fourth-order valence-corrected chi connectivity index (χ4v) is 5.43.